The van der Waals surface area contributed by atoms with Gasteiger partial charge in [-0.3, -0.25) is 0 Å². The summed E-state index contributed by atoms with van der Waals surface area (Å²) in [6, 6.07) is 10.5. The Bertz CT molecular complexity index is 251. The van der Waals surface area contributed by atoms with Gasteiger partial charge < -0.3 is 5.73 Å². The summed E-state index contributed by atoms with van der Waals surface area (Å²) in [5, 5.41) is 0. The van der Waals surface area contributed by atoms with Crippen molar-refractivity contribution in [2.45, 2.75) is 39.5 Å². The number of nitrogens with two attached hydrogens (primary N) is 1. The minimum atomic E-state index is 0.807. The molecule has 0 atom stereocenters. The van der Waals surface area contributed by atoms with Crippen molar-refractivity contribution in [3.8, 4) is 0 Å². The monoisotopic (exact) mass is 205 g/mol. The lowest BCUT2D eigenvalue weighted by molar-refractivity contribution is 0.783. The van der Waals surface area contributed by atoms with Crippen LogP contribution >= 0.6 is 0 Å². The van der Waals surface area contributed by atoms with Gasteiger partial charge in [-0.25, -0.2) is 0 Å². The molecule has 0 spiro atoms. The van der Waals surface area contributed by atoms with E-state index in [4.69, 9.17) is 5.73 Å². The number of benzene rings is 1. The van der Waals surface area contributed by atoms with Gasteiger partial charge in [0.1, 0.15) is 0 Å². The van der Waals surface area contributed by atoms with Crippen LogP contribution in [0.5, 0.6) is 0 Å². The number of hydrogen-bond acceptors (Lipinski definition) is 1. The molecule has 1 rings (SSSR count). The van der Waals surface area contributed by atoms with Crippen LogP contribution in [0.4, 0.5) is 0 Å². The fourth-order valence-corrected chi connectivity index (χ4v) is 1.12. The first-order chi connectivity index (χ1) is 7.20. The first kappa shape index (κ1) is 13.8. The van der Waals surface area contributed by atoms with Crippen molar-refractivity contribution >= 4 is 0 Å². The lowest BCUT2D eigenvalue weighted by Gasteiger charge is -1.92. The molecule has 1 aromatic carbocycles. The Morgan fingerprint density at radius 3 is 2.07 bits per heavy atom. The topological polar surface area (TPSA) is 26.0 Å². The molecule has 0 aliphatic rings. The molecule has 15 heavy (non-hydrogen) atoms. The number of hydrogen-bond donors (Lipinski definition) is 1. The van der Waals surface area contributed by atoms with E-state index in [9.17, 15) is 0 Å². The number of allylic oxidation sites excluding steroid dienone is 1. The van der Waals surface area contributed by atoms with E-state index in [0.29, 0.717) is 0 Å². The van der Waals surface area contributed by atoms with Crippen LogP contribution < -0.4 is 5.73 Å². The highest BCUT2D eigenvalue weighted by atomic mass is 14.5. The first-order valence-corrected chi connectivity index (χ1v) is 5.67. The molecule has 1 heteroatoms. The second kappa shape index (κ2) is 9.32. The van der Waals surface area contributed by atoms with Crippen molar-refractivity contribution in [2.24, 2.45) is 5.73 Å². The molecular formula is C14H23N. The Hall–Kier alpha value is -1.24. The van der Waals surface area contributed by atoms with Gasteiger partial charge in [0.05, 0.1) is 0 Å². The maximum absolute atomic E-state index is 5.28. The van der Waals surface area contributed by atoms with Crippen molar-refractivity contribution in [3.05, 3.63) is 48.2 Å². The minimum absolute atomic E-state index is 0.807. The van der Waals surface area contributed by atoms with E-state index in [1.165, 1.54) is 18.4 Å². The maximum Gasteiger partial charge on any atom is 0.000743 e. The van der Waals surface area contributed by atoms with Gasteiger partial charge in [0.25, 0.3) is 0 Å². The Balaban J connectivity index is 0.000000265. The second-order valence-corrected chi connectivity index (χ2v) is 3.60. The van der Waals surface area contributed by atoms with Gasteiger partial charge in [0, 0.05) is 5.70 Å². The molecule has 0 saturated carbocycles. The SMILES string of the molecule is C=C(N)CCCC.CCc1ccccc1. The van der Waals surface area contributed by atoms with Gasteiger partial charge in [-0.2, -0.15) is 0 Å². The van der Waals surface area contributed by atoms with Crippen molar-refractivity contribution in [1.82, 2.24) is 0 Å². The van der Waals surface area contributed by atoms with Crippen molar-refractivity contribution in [2.75, 3.05) is 0 Å². The molecule has 0 saturated heterocycles. The zero-order valence-corrected chi connectivity index (χ0v) is 10.00. The molecule has 0 unspecified atom stereocenters. The Morgan fingerprint density at radius 1 is 1.20 bits per heavy atom. The molecule has 1 aromatic rings. The van der Waals surface area contributed by atoms with E-state index in [1.807, 2.05) is 6.07 Å². The van der Waals surface area contributed by atoms with Gasteiger partial charge in [0.15, 0.2) is 0 Å². The second-order valence-electron chi connectivity index (χ2n) is 3.60. The van der Waals surface area contributed by atoms with Crippen LogP contribution in [0.3, 0.4) is 0 Å². The highest BCUT2D eigenvalue weighted by molar-refractivity contribution is 5.13. The van der Waals surface area contributed by atoms with E-state index in [1.54, 1.807) is 0 Å². The average Bonchev–Trinajstić information content (AvgIpc) is 2.28. The standard InChI is InChI=1S/C8H10.C6H13N/c1-2-8-6-4-3-5-7-8;1-3-4-5-6(2)7/h3-7H,2H2,1H3;2-5,7H2,1H3. The molecular weight excluding hydrogens is 182 g/mol. The van der Waals surface area contributed by atoms with Gasteiger partial charge in [-0.05, 0) is 24.8 Å². The van der Waals surface area contributed by atoms with Crippen LogP contribution in [-0.2, 0) is 6.42 Å². The van der Waals surface area contributed by atoms with Crippen LogP contribution in [0.25, 0.3) is 0 Å². The summed E-state index contributed by atoms with van der Waals surface area (Å²) in [6.45, 7) is 7.87. The van der Waals surface area contributed by atoms with Crippen LogP contribution in [-0.4, -0.2) is 0 Å². The van der Waals surface area contributed by atoms with Gasteiger partial charge >= 0.3 is 0 Å². The van der Waals surface area contributed by atoms with E-state index < -0.39 is 0 Å². The molecule has 84 valence electrons. The fourth-order valence-electron chi connectivity index (χ4n) is 1.12. The van der Waals surface area contributed by atoms with Crippen LogP contribution in [0, 0.1) is 0 Å². The summed E-state index contributed by atoms with van der Waals surface area (Å²) in [5.74, 6) is 0. The zero-order valence-electron chi connectivity index (χ0n) is 10.00. The van der Waals surface area contributed by atoms with Gasteiger partial charge in [-0.1, -0.05) is 57.2 Å². The predicted molar refractivity (Wildman–Crippen MR) is 68.7 cm³/mol. The third-order valence-corrected chi connectivity index (χ3v) is 2.10. The molecule has 0 fully saturated rings. The van der Waals surface area contributed by atoms with Crippen molar-refractivity contribution in [1.29, 1.82) is 0 Å². The van der Waals surface area contributed by atoms with E-state index in [-0.39, 0.29) is 0 Å². The quantitative estimate of drug-likeness (QED) is 0.792. The number of unbranched alkanes of at least 4 members (excludes halogenated alkanes) is 1. The summed E-state index contributed by atoms with van der Waals surface area (Å²) in [6.07, 6.45) is 4.50. The summed E-state index contributed by atoms with van der Waals surface area (Å²) in [5.41, 5.74) is 7.50. The Labute approximate surface area is 94.0 Å². The lowest BCUT2D eigenvalue weighted by Crippen LogP contribution is -1.92. The van der Waals surface area contributed by atoms with Crippen molar-refractivity contribution in [3.63, 3.8) is 0 Å². The van der Waals surface area contributed by atoms with Gasteiger partial charge in [-0.15, -0.1) is 0 Å². The van der Waals surface area contributed by atoms with Crippen molar-refractivity contribution < 1.29 is 0 Å². The Morgan fingerprint density at radius 2 is 1.80 bits per heavy atom. The molecule has 0 aliphatic heterocycles. The van der Waals surface area contributed by atoms with E-state index in [2.05, 4.69) is 44.7 Å². The minimum Gasteiger partial charge on any atom is -0.403 e. The first-order valence-electron chi connectivity index (χ1n) is 5.67. The average molecular weight is 205 g/mol. The molecule has 0 aliphatic carbocycles. The molecule has 1 nitrogen and oxygen atoms in total. The highest BCUT2D eigenvalue weighted by Crippen LogP contribution is 1.97. The highest BCUT2D eigenvalue weighted by Gasteiger charge is 1.81. The summed E-state index contributed by atoms with van der Waals surface area (Å²) in [4.78, 5) is 0. The number of rotatable bonds is 4. The van der Waals surface area contributed by atoms with E-state index in [0.717, 1.165) is 18.5 Å². The summed E-state index contributed by atoms with van der Waals surface area (Å²) in [7, 11) is 0. The number of aryl methyl sites for hydroxylation is 1. The largest absolute Gasteiger partial charge is 0.403 e. The van der Waals surface area contributed by atoms with Crippen LogP contribution in [0.2, 0.25) is 0 Å². The lowest BCUT2D eigenvalue weighted by atomic mass is 10.2. The third-order valence-electron chi connectivity index (χ3n) is 2.10. The van der Waals surface area contributed by atoms with Gasteiger partial charge in [0.2, 0.25) is 0 Å². The summed E-state index contributed by atoms with van der Waals surface area (Å²) >= 11 is 0. The normalized spacial score (nSPS) is 8.93. The van der Waals surface area contributed by atoms with Crippen LogP contribution in [0.15, 0.2) is 42.6 Å². The molecule has 0 amide bonds. The predicted octanol–water partition coefficient (Wildman–Crippen LogP) is 3.90. The zero-order chi connectivity index (χ0) is 11.5. The maximum atomic E-state index is 5.28. The molecule has 0 bridgehead atoms. The molecule has 2 N–H and O–H groups in total. The third kappa shape index (κ3) is 9.07. The molecule has 0 aromatic heterocycles. The smallest absolute Gasteiger partial charge is 0.000743 e. The Kier molecular flexibility index (Phi) is 8.55. The van der Waals surface area contributed by atoms with E-state index >= 15 is 0 Å². The summed E-state index contributed by atoms with van der Waals surface area (Å²) < 4.78 is 0. The fraction of sp³-hybridized carbons (Fsp3) is 0.429. The van der Waals surface area contributed by atoms with Crippen LogP contribution in [0.1, 0.15) is 38.7 Å². The molecule has 0 radical (unpaired) electrons. The molecule has 0 heterocycles.